The quantitative estimate of drug-likeness (QED) is 0.841. The van der Waals surface area contributed by atoms with E-state index in [0.29, 0.717) is 6.07 Å². The van der Waals surface area contributed by atoms with Gasteiger partial charge in [0.05, 0.1) is 12.7 Å². The van der Waals surface area contributed by atoms with Crippen LogP contribution in [0.5, 0.6) is 5.75 Å². The van der Waals surface area contributed by atoms with E-state index in [0.717, 1.165) is 7.11 Å². The molecule has 0 aliphatic carbocycles. The molecule has 0 aromatic carbocycles. The number of hydrogen-bond donors (Lipinski definition) is 1. The molecule has 0 saturated heterocycles. The van der Waals surface area contributed by atoms with Gasteiger partial charge in [-0.2, -0.15) is 0 Å². The zero-order valence-electron chi connectivity index (χ0n) is 7.83. The lowest BCUT2D eigenvalue weighted by atomic mass is 10.2. The molecule has 1 rings (SSSR count). The normalized spacial score (nSPS) is 11.8. The molecule has 0 spiro atoms. The Balaban J connectivity index is 3.71. The topological polar surface area (TPSA) is 76.2 Å². The predicted octanol–water partition coefficient (Wildman–Crippen LogP) is 1.25. The maximum Gasteiger partial charge on any atom is 0.277 e. The summed E-state index contributed by atoms with van der Waals surface area (Å²) in [5.41, 5.74) is -1.86. The Bertz CT molecular complexity index is 554. The second-order valence-corrected chi connectivity index (χ2v) is 5.19. The van der Waals surface area contributed by atoms with Gasteiger partial charge in [0, 0.05) is 16.7 Å². The maximum atomic E-state index is 12.6. The molecule has 1 aromatic rings. The molecular weight excluding hydrogens is 268 g/mol. The molecule has 0 atom stereocenters. The van der Waals surface area contributed by atoms with Gasteiger partial charge < -0.3 is 9.72 Å². The van der Waals surface area contributed by atoms with Gasteiger partial charge >= 0.3 is 0 Å². The van der Waals surface area contributed by atoms with Gasteiger partial charge in [-0.05, 0) is 0 Å². The third kappa shape index (κ3) is 2.50. The van der Waals surface area contributed by atoms with Gasteiger partial charge in [0.25, 0.3) is 21.0 Å². The second kappa shape index (κ2) is 4.38. The Labute approximate surface area is 93.4 Å². The minimum Gasteiger partial charge on any atom is -0.496 e. The van der Waals surface area contributed by atoms with E-state index >= 15 is 0 Å². The molecule has 0 saturated carbocycles. The van der Waals surface area contributed by atoms with Crippen molar-refractivity contribution in [1.82, 2.24) is 4.98 Å². The van der Waals surface area contributed by atoms with E-state index in [1.54, 1.807) is 4.98 Å². The van der Waals surface area contributed by atoms with E-state index < -0.39 is 37.4 Å². The number of pyridine rings is 1. The van der Waals surface area contributed by atoms with Crippen LogP contribution in [0.1, 0.15) is 12.0 Å². The Kier molecular flexibility index (Phi) is 3.54. The zero-order chi connectivity index (χ0) is 12.5. The zero-order valence-corrected chi connectivity index (χ0v) is 9.40. The summed E-state index contributed by atoms with van der Waals surface area (Å²) in [5, 5.41) is -1.05. The fraction of sp³-hybridized carbons (Fsp3) is 0.286. The van der Waals surface area contributed by atoms with Crippen LogP contribution in [0.4, 0.5) is 8.78 Å². The first-order valence-electron chi connectivity index (χ1n) is 3.81. The molecule has 0 fully saturated rings. The van der Waals surface area contributed by atoms with Crippen molar-refractivity contribution in [3.63, 3.8) is 0 Å². The number of nitrogens with one attached hydrogen (secondary N) is 1. The van der Waals surface area contributed by atoms with Crippen molar-refractivity contribution < 1.29 is 21.9 Å². The molecular formula is C7H6ClF2NO4S. The van der Waals surface area contributed by atoms with Gasteiger partial charge in [-0.1, -0.05) is 0 Å². The number of hydrogen-bond acceptors (Lipinski definition) is 4. The molecule has 1 N–H and O–H groups in total. The second-order valence-electron chi connectivity index (χ2n) is 2.68. The minimum atomic E-state index is -4.48. The smallest absolute Gasteiger partial charge is 0.277 e. The van der Waals surface area contributed by atoms with Gasteiger partial charge in [0.15, 0.2) is 5.03 Å². The summed E-state index contributed by atoms with van der Waals surface area (Å²) >= 11 is 0. The van der Waals surface area contributed by atoms with E-state index in [1.165, 1.54) is 0 Å². The van der Waals surface area contributed by atoms with Crippen molar-refractivity contribution in [2.75, 3.05) is 7.11 Å². The maximum absolute atomic E-state index is 12.6. The average Bonchev–Trinajstić information content (AvgIpc) is 2.14. The monoisotopic (exact) mass is 273 g/mol. The molecule has 0 aliphatic rings. The van der Waals surface area contributed by atoms with Crippen LogP contribution in [-0.4, -0.2) is 20.5 Å². The Morgan fingerprint density at radius 1 is 1.50 bits per heavy atom. The molecule has 9 heteroatoms. The van der Waals surface area contributed by atoms with E-state index in [-0.39, 0.29) is 0 Å². The van der Waals surface area contributed by atoms with Crippen LogP contribution < -0.4 is 10.3 Å². The fourth-order valence-corrected chi connectivity index (χ4v) is 2.13. The third-order valence-electron chi connectivity index (χ3n) is 1.69. The van der Waals surface area contributed by atoms with Crippen LogP contribution in [0.2, 0.25) is 0 Å². The van der Waals surface area contributed by atoms with E-state index in [9.17, 15) is 22.0 Å². The van der Waals surface area contributed by atoms with Crippen molar-refractivity contribution in [2.45, 2.75) is 11.5 Å². The van der Waals surface area contributed by atoms with Crippen molar-refractivity contribution in [1.29, 1.82) is 0 Å². The highest BCUT2D eigenvalue weighted by molar-refractivity contribution is 8.13. The largest absolute Gasteiger partial charge is 0.496 e. The van der Waals surface area contributed by atoms with Gasteiger partial charge in [-0.25, -0.2) is 17.2 Å². The highest BCUT2D eigenvalue weighted by atomic mass is 35.7. The van der Waals surface area contributed by atoms with Crippen LogP contribution in [0.3, 0.4) is 0 Å². The van der Waals surface area contributed by atoms with E-state index in [2.05, 4.69) is 4.74 Å². The first-order valence-corrected chi connectivity index (χ1v) is 6.12. The minimum absolute atomic E-state index is 0.530. The van der Waals surface area contributed by atoms with Crippen LogP contribution in [0.25, 0.3) is 0 Å². The summed E-state index contributed by atoms with van der Waals surface area (Å²) in [6.07, 6.45) is -3.14. The number of rotatable bonds is 3. The highest BCUT2D eigenvalue weighted by Gasteiger charge is 2.27. The molecule has 0 unspecified atom stereocenters. The summed E-state index contributed by atoms with van der Waals surface area (Å²) in [6.45, 7) is 0. The van der Waals surface area contributed by atoms with Crippen molar-refractivity contribution in [3.8, 4) is 5.75 Å². The summed E-state index contributed by atoms with van der Waals surface area (Å²) in [7, 11) is 1.48. The number of aromatic amines is 1. The molecule has 0 amide bonds. The van der Waals surface area contributed by atoms with Gasteiger partial charge in [0.1, 0.15) is 5.75 Å². The lowest BCUT2D eigenvalue weighted by molar-refractivity contribution is 0.142. The van der Waals surface area contributed by atoms with Gasteiger partial charge in [-0.15, -0.1) is 0 Å². The highest BCUT2D eigenvalue weighted by Crippen LogP contribution is 2.33. The SMILES string of the molecule is COc1cc(=O)[nH]c(S(=O)(=O)Cl)c1C(F)F. The molecule has 0 bridgehead atoms. The van der Waals surface area contributed by atoms with Gasteiger partial charge in [0.2, 0.25) is 0 Å². The molecule has 90 valence electrons. The van der Waals surface area contributed by atoms with Crippen molar-refractivity contribution in [3.05, 3.63) is 22.0 Å². The number of methoxy groups -OCH3 is 1. The average molecular weight is 274 g/mol. The summed E-state index contributed by atoms with van der Waals surface area (Å²) in [6, 6.07) is 0.715. The van der Waals surface area contributed by atoms with E-state index in [1.807, 2.05) is 0 Å². The molecule has 0 aliphatic heterocycles. The number of ether oxygens (including phenoxy) is 1. The molecule has 1 aromatic heterocycles. The Morgan fingerprint density at radius 3 is 2.44 bits per heavy atom. The number of halogens is 3. The van der Waals surface area contributed by atoms with Crippen molar-refractivity contribution >= 4 is 19.7 Å². The van der Waals surface area contributed by atoms with Crippen LogP contribution in [-0.2, 0) is 9.05 Å². The summed E-state index contributed by atoms with van der Waals surface area (Å²) < 4.78 is 51.7. The summed E-state index contributed by atoms with van der Waals surface area (Å²) in [5.74, 6) is -0.530. The Morgan fingerprint density at radius 2 is 2.06 bits per heavy atom. The number of H-pyrrole nitrogens is 1. The lowest BCUT2D eigenvalue weighted by Gasteiger charge is -2.10. The molecule has 0 radical (unpaired) electrons. The summed E-state index contributed by atoms with van der Waals surface area (Å²) in [4.78, 5) is 12.7. The van der Waals surface area contributed by atoms with Crippen LogP contribution in [0, 0.1) is 0 Å². The van der Waals surface area contributed by atoms with Crippen molar-refractivity contribution in [2.24, 2.45) is 0 Å². The first kappa shape index (κ1) is 12.9. The molecule has 1 heterocycles. The van der Waals surface area contributed by atoms with Gasteiger partial charge in [-0.3, -0.25) is 4.79 Å². The molecule has 5 nitrogen and oxygen atoms in total. The third-order valence-corrected chi connectivity index (χ3v) is 2.96. The molecule has 16 heavy (non-hydrogen) atoms. The number of aromatic nitrogens is 1. The van der Waals surface area contributed by atoms with Crippen LogP contribution in [0.15, 0.2) is 15.9 Å². The first-order chi connectivity index (χ1) is 7.27. The Hall–Kier alpha value is -1.15. The predicted molar refractivity (Wildman–Crippen MR) is 51.6 cm³/mol. The number of alkyl halides is 2. The fourth-order valence-electron chi connectivity index (χ4n) is 1.09. The standard InChI is InChI=1S/C7H6ClF2NO4S/c1-15-3-2-4(12)11-7(16(8,13)14)5(3)6(9)10/h2,6H,1H3,(H,11,12). The van der Waals surface area contributed by atoms with E-state index in [4.69, 9.17) is 10.7 Å². The lowest BCUT2D eigenvalue weighted by Crippen LogP contribution is -2.14. The van der Waals surface area contributed by atoms with Crippen LogP contribution >= 0.6 is 10.7 Å².